The molecule has 1 N–H and O–H groups in total. The predicted octanol–water partition coefficient (Wildman–Crippen LogP) is 3.12. The molecule has 0 spiro atoms. The molecular weight excluding hydrogens is 304 g/mol. The van der Waals surface area contributed by atoms with Crippen LogP contribution < -0.4 is 5.32 Å². The number of rotatable bonds is 5. The van der Waals surface area contributed by atoms with E-state index in [1.165, 1.54) is 0 Å². The molecule has 1 saturated heterocycles. The predicted molar refractivity (Wildman–Crippen MR) is 88.3 cm³/mol. The average Bonchev–Trinajstić information content (AvgIpc) is 2.65. The van der Waals surface area contributed by atoms with Gasteiger partial charge in [-0.15, -0.1) is 11.3 Å². The lowest BCUT2D eigenvalue weighted by atomic mass is 10.2. The van der Waals surface area contributed by atoms with Crippen LogP contribution in [0.3, 0.4) is 0 Å². The van der Waals surface area contributed by atoms with Crippen LogP contribution in [0.5, 0.6) is 0 Å². The van der Waals surface area contributed by atoms with Gasteiger partial charge in [0, 0.05) is 30.6 Å². The Morgan fingerprint density at radius 2 is 1.86 bits per heavy atom. The smallest absolute Gasteiger partial charge is 0.244 e. The number of aryl methyl sites for hydroxylation is 1. The minimum atomic E-state index is -3.35. The molecule has 1 fully saturated rings. The van der Waals surface area contributed by atoms with Crippen molar-refractivity contribution in [1.29, 1.82) is 0 Å². The first-order valence-corrected chi connectivity index (χ1v) is 10.1. The SMILES string of the molecule is Cc1csc(CNC(C)C)c1S(=O)(=O)N1CCCCCC1. The zero-order valence-corrected chi connectivity index (χ0v) is 14.8. The molecule has 1 aromatic heterocycles. The number of hydrogen-bond acceptors (Lipinski definition) is 4. The van der Waals surface area contributed by atoms with Gasteiger partial charge in [0.2, 0.25) is 10.0 Å². The van der Waals surface area contributed by atoms with Gasteiger partial charge in [-0.1, -0.05) is 26.7 Å². The van der Waals surface area contributed by atoms with Crippen molar-refractivity contribution in [2.45, 2.75) is 63.9 Å². The van der Waals surface area contributed by atoms with Crippen LogP contribution in [0, 0.1) is 6.92 Å². The molecule has 0 unspecified atom stereocenters. The molecule has 21 heavy (non-hydrogen) atoms. The van der Waals surface area contributed by atoms with Gasteiger partial charge in [0.15, 0.2) is 0 Å². The Morgan fingerprint density at radius 1 is 1.24 bits per heavy atom. The maximum Gasteiger partial charge on any atom is 0.244 e. The molecule has 0 aromatic carbocycles. The van der Waals surface area contributed by atoms with E-state index in [9.17, 15) is 8.42 Å². The summed E-state index contributed by atoms with van der Waals surface area (Å²) in [6.07, 6.45) is 4.22. The topological polar surface area (TPSA) is 49.4 Å². The zero-order valence-electron chi connectivity index (χ0n) is 13.2. The maximum atomic E-state index is 13.0. The highest BCUT2D eigenvalue weighted by Gasteiger charge is 2.30. The van der Waals surface area contributed by atoms with Gasteiger partial charge < -0.3 is 5.32 Å². The molecule has 0 bridgehead atoms. The number of sulfonamides is 1. The zero-order chi connectivity index (χ0) is 15.5. The van der Waals surface area contributed by atoms with Crippen LogP contribution in [-0.4, -0.2) is 31.9 Å². The number of nitrogens with one attached hydrogen (secondary N) is 1. The summed E-state index contributed by atoms with van der Waals surface area (Å²) >= 11 is 1.55. The molecule has 0 saturated carbocycles. The minimum Gasteiger partial charge on any atom is -0.310 e. The van der Waals surface area contributed by atoms with E-state index in [0.29, 0.717) is 30.6 Å². The molecule has 0 amide bonds. The summed E-state index contributed by atoms with van der Waals surface area (Å²) in [4.78, 5) is 1.48. The van der Waals surface area contributed by atoms with Crippen LogP contribution >= 0.6 is 11.3 Å². The molecule has 2 heterocycles. The highest BCUT2D eigenvalue weighted by molar-refractivity contribution is 7.89. The monoisotopic (exact) mass is 330 g/mol. The second-order valence-electron chi connectivity index (χ2n) is 6.02. The van der Waals surface area contributed by atoms with Crippen molar-refractivity contribution < 1.29 is 8.42 Å². The van der Waals surface area contributed by atoms with E-state index in [-0.39, 0.29) is 0 Å². The lowest BCUT2D eigenvalue weighted by Gasteiger charge is -2.21. The Morgan fingerprint density at radius 3 is 2.43 bits per heavy atom. The summed E-state index contributed by atoms with van der Waals surface area (Å²) in [5.74, 6) is 0. The van der Waals surface area contributed by atoms with E-state index < -0.39 is 10.0 Å². The van der Waals surface area contributed by atoms with Crippen LogP contribution in [0.1, 0.15) is 50.0 Å². The molecule has 1 aliphatic rings. The lowest BCUT2D eigenvalue weighted by molar-refractivity contribution is 0.422. The highest BCUT2D eigenvalue weighted by atomic mass is 32.2. The normalized spacial score (nSPS) is 18.1. The summed E-state index contributed by atoms with van der Waals surface area (Å²) in [6, 6.07) is 0.348. The van der Waals surface area contributed by atoms with Crippen LogP contribution in [0.4, 0.5) is 0 Å². The van der Waals surface area contributed by atoms with Crippen molar-refractivity contribution in [3.05, 3.63) is 15.8 Å². The van der Waals surface area contributed by atoms with E-state index >= 15 is 0 Å². The first kappa shape index (κ1) is 16.9. The molecule has 0 aliphatic carbocycles. The van der Waals surface area contributed by atoms with Gasteiger partial charge in [0.05, 0.1) is 0 Å². The Balaban J connectivity index is 2.28. The van der Waals surface area contributed by atoms with E-state index in [2.05, 4.69) is 19.2 Å². The summed E-state index contributed by atoms with van der Waals surface area (Å²) in [5, 5.41) is 5.29. The molecule has 1 aromatic rings. The van der Waals surface area contributed by atoms with E-state index in [1.807, 2.05) is 12.3 Å². The molecule has 4 nitrogen and oxygen atoms in total. The first-order chi connectivity index (χ1) is 9.93. The number of thiophene rings is 1. The summed E-state index contributed by atoms with van der Waals surface area (Å²) < 4.78 is 27.7. The molecular formula is C15H26N2O2S2. The molecule has 2 rings (SSSR count). The maximum absolute atomic E-state index is 13.0. The largest absolute Gasteiger partial charge is 0.310 e. The highest BCUT2D eigenvalue weighted by Crippen LogP contribution is 2.30. The van der Waals surface area contributed by atoms with Crippen molar-refractivity contribution in [2.24, 2.45) is 0 Å². The Hall–Kier alpha value is -0.430. The van der Waals surface area contributed by atoms with Gasteiger partial charge in [-0.2, -0.15) is 4.31 Å². The third-order valence-electron chi connectivity index (χ3n) is 3.82. The van der Waals surface area contributed by atoms with Crippen molar-refractivity contribution in [3.8, 4) is 0 Å². The average molecular weight is 331 g/mol. The lowest BCUT2D eigenvalue weighted by Crippen LogP contribution is -2.33. The van der Waals surface area contributed by atoms with Gasteiger partial charge in [0.1, 0.15) is 4.90 Å². The van der Waals surface area contributed by atoms with Crippen molar-refractivity contribution in [2.75, 3.05) is 13.1 Å². The van der Waals surface area contributed by atoms with Gasteiger partial charge >= 0.3 is 0 Å². The fourth-order valence-corrected chi connectivity index (χ4v) is 5.89. The van der Waals surface area contributed by atoms with Gasteiger partial charge in [-0.05, 0) is 30.7 Å². The van der Waals surface area contributed by atoms with E-state index in [1.54, 1.807) is 15.6 Å². The summed E-state index contributed by atoms with van der Waals surface area (Å²) in [5.41, 5.74) is 0.879. The quantitative estimate of drug-likeness (QED) is 0.902. The Bertz CT molecular complexity index is 556. The standard InChI is InChI=1S/C15H26N2O2S2/c1-12(2)16-10-14-15(13(3)11-20-14)21(18,19)17-8-6-4-5-7-9-17/h11-12,16H,4-10H2,1-3H3. The van der Waals surface area contributed by atoms with Crippen molar-refractivity contribution in [1.82, 2.24) is 9.62 Å². The first-order valence-electron chi connectivity index (χ1n) is 7.73. The van der Waals surface area contributed by atoms with Gasteiger partial charge in [-0.25, -0.2) is 8.42 Å². The summed E-state index contributed by atoms with van der Waals surface area (Å²) in [6.45, 7) is 7.99. The second kappa shape index (κ2) is 7.22. The van der Waals surface area contributed by atoms with Crippen LogP contribution in [-0.2, 0) is 16.6 Å². The molecule has 120 valence electrons. The molecule has 6 heteroatoms. The van der Waals surface area contributed by atoms with Crippen molar-refractivity contribution in [3.63, 3.8) is 0 Å². The summed E-state index contributed by atoms with van der Waals surface area (Å²) in [7, 11) is -3.35. The van der Waals surface area contributed by atoms with Gasteiger partial charge in [0.25, 0.3) is 0 Å². The van der Waals surface area contributed by atoms with Crippen LogP contribution in [0.15, 0.2) is 10.3 Å². The fraction of sp³-hybridized carbons (Fsp3) is 0.733. The van der Waals surface area contributed by atoms with E-state index in [4.69, 9.17) is 0 Å². The number of hydrogen-bond donors (Lipinski definition) is 1. The van der Waals surface area contributed by atoms with E-state index in [0.717, 1.165) is 36.1 Å². The van der Waals surface area contributed by atoms with Crippen LogP contribution in [0.2, 0.25) is 0 Å². The van der Waals surface area contributed by atoms with Crippen LogP contribution in [0.25, 0.3) is 0 Å². The Kier molecular flexibility index (Phi) is 5.82. The molecule has 0 atom stereocenters. The fourth-order valence-electron chi connectivity index (χ4n) is 2.66. The van der Waals surface area contributed by atoms with Crippen molar-refractivity contribution >= 4 is 21.4 Å². The second-order valence-corrected chi connectivity index (χ2v) is 8.86. The number of nitrogens with zero attached hydrogens (tertiary/aromatic N) is 1. The molecule has 1 aliphatic heterocycles. The third-order valence-corrected chi connectivity index (χ3v) is 7.19. The van der Waals surface area contributed by atoms with Gasteiger partial charge in [-0.3, -0.25) is 0 Å². The minimum absolute atomic E-state index is 0.348. The molecule has 0 radical (unpaired) electrons. The Labute approximate surface area is 132 Å². The third kappa shape index (κ3) is 4.06.